The number of benzene rings is 2. The first-order chi connectivity index (χ1) is 11.2. The van der Waals surface area contributed by atoms with Gasteiger partial charge in [-0.1, -0.05) is 60.3 Å². The molecule has 0 saturated heterocycles. The van der Waals surface area contributed by atoms with Gasteiger partial charge in [-0.15, -0.1) is 0 Å². The molecule has 0 fully saturated rings. The molecule has 0 aromatic heterocycles. The van der Waals surface area contributed by atoms with Gasteiger partial charge in [-0.05, 0) is 29.3 Å². The third kappa shape index (κ3) is 3.23. The van der Waals surface area contributed by atoms with Crippen molar-refractivity contribution in [1.29, 1.82) is 0 Å². The molecular weight excluding hydrogens is 306 g/mol. The first kappa shape index (κ1) is 15.6. The second-order valence-corrected chi connectivity index (χ2v) is 6.23. The standard InChI is InChI=1S/C19H17NO2S/c1-20-16-9-5-6-10-17(16)23-18(19(20)22)13-15(11-12-21)14-7-3-2-4-8-14/h2-11,13,21H,12H2,1H3/b15-11+,18-13-. The van der Waals surface area contributed by atoms with Crippen molar-refractivity contribution < 1.29 is 9.90 Å². The predicted octanol–water partition coefficient (Wildman–Crippen LogP) is 3.71. The van der Waals surface area contributed by atoms with E-state index in [0.717, 1.165) is 21.7 Å². The van der Waals surface area contributed by atoms with E-state index >= 15 is 0 Å². The predicted molar refractivity (Wildman–Crippen MR) is 95.3 cm³/mol. The number of nitrogens with zero attached hydrogens (tertiary/aromatic N) is 1. The number of allylic oxidation sites excluding steroid dienone is 2. The average molecular weight is 323 g/mol. The van der Waals surface area contributed by atoms with Crippen LogP contribution in [0.2, 0.25) is 0 Å². The molecule has 2 aromatic carbocycles. The first-order valence-corrected chi connectivity index (χ1v) is 8.15. The van der Waals surface area contributed by atoms with Crippen molar-refractivity contribution in [3.63, 3.8) is 0 Å². The normalized spacial score (nSPS) is 16.6. The number of thioether (sulfide) groups is 1. The van der Waals surface area contributed by atoms with Crippen LogP contribution in [-0.2, 0) is 4.79 Å². The van der Waals surface area contributed by atoms with Crippen molar-refractivity contribution >= 4 is 28.9 Å². The third-order valence-corrected chi connectivity index (χ3v) is 4.74. The number of carbonyl (C=O) groups is 1. The minimum Gasteiger partial charge on any atom is -0.392 e. The molecule has 1 N–H and O–H groups in total. The van der Waals surface area contributed by atoms with Gasteiger partial charge in [0, 0.05) is 11.9 Å². The van der Waals surface area contributed by atoms with E-state index < -0.39 is 0 Å². The van der Waals surface area contributed by atoms with Gasteiger partial charge >= 0.3 is 0 Å². The maximum absolute atomic E-state index is 12.6. The summed E-state index contributed by atoms with van der Waals surface area (Å²) < 4.78 is 0. The zero-order valence-corrected chi connectivity index (χ0v) is 13.6. The molecule has 116 valence electrons. The lowest BCUT2D eigenvalue weighted by Crippen LogP contribution is -2.30. The topological polar surface area (TPSA) is 40.5 Å². The van der Waals surface area contributed by atoms with Crippen LogP contribution < -0.4 is 4.90 Å². The SMILES string of the molecule is CN1C(=O)/C(=C/C(=C\CO)c2ccccc2)Sc2ccccc21. The van der Waals surface area contributed by atoms with E-state index in [0.29, 0.717) is 4.91 Å². The molecule has 1 aliphatic heterocycles. The molecule has 23 heavy (non-hydrogen) atoms. The van der Waals surface area contributed by atoms with Crippen LogP contribution in [0.3, 0.4) is 0 Å². The molecule has 2 aromatic rings. The summed E-state index contributed by atoms with van der Waals surface area (Å²) >= 11 is 1.47. The molecule has 0 aliphatic carbocycles. The molecule has 0 spiro atoms. The van der Waals surface area contributed by atoms with Crippen molar-refractivity contribution in [2.75, 3.05) is 18.6 Å². The lowest BCUT2D eigenvalue weighted by atomic mass is 10.0. The van der Waals surface area contributed by atoms with Crippen LogP contribution in [0, 0.1) is 0 Å². The Morgan fingerprint density at radius 1 is 1.13 bits per heavy atom. The monoisotopic (exact) mass is 323 g/mol. The molecule has 3 nitrogen and oxygen atoms in total. The summed E-state index contributed by atoms with van der Waals surface area (Å²) in [5.74, 6) is -0.0338. The Bertz CT molecular complexity index is 781. The average Bonchev–Trinajstić information content (AvgIpc) is 2.60. The van der Waals surface area contributed by atoms with E-state index in [1.807, 2.05) is 60.7 Å². The molecule has 0 bridgehead atoms. The molecule has 3 rings (SSSR count). The number of aliphatic hydroxyl groups excluding tert-OH is 1. The summed E-state index contributed by atoms with van der Waals surface area (Å²) in [4.78, 5) is 16.0. The van der Waals surface area contributed by atoms with E-state index in [1.165, 1.54) is 11.8 Å². The maximum atomic E-state index is 12.6. The third-order valence-electron chi connectivity index (χ3n) is 3.67. The van der Waals surface area contributed by atoms with Gasteiger partial charge in [-0.3, -0.25) is 4.79 Å². The van der Waals surface area contributed by atoms with E-state index in [4.69, 9.17) is 0 Å². The second kappa shape index (κ2) is 6.86. The Morgan fingerprint density at radius 3 is 2.57 bits per heavy atom. The molecule has 0 radical (unpaired) electrons. The fourth-order valence-electron chi connectivity index (χ4n) is 2.48. The highest BCUT2D eigenvalue weighted by atomic mass is 32.2. The highest BCUT2D eigenvalue weighted by Crippen LogP contribution is 2.41. The molecule has 1 amide bonds. The van der Waals surface area contributed by atoms with E-state index in [9.17, 15) is 9.90 Å². The lowest BCUT2D eigenvalue weighted by Gasteiger charge is -2.26. The Hall–Kier alpha value is -2.30. The van der Waals surface area contributed by atoms with Crippen LogP contribution in [0.4, 0.5) is 5.69 Å². The minimum absolute atomic E-state index is 0.0338. The summed E-state index contributed by atoms with van der Waals surface area (Å²) in [7, 11) is 1.78. The number of aliphatic hydroxyl groups is 1. The van der Waals surface area contributed by atoms with Crippen LogP contribution in [0.15, 0.2) is 76.5 Å². The van der Waals surface area contributed by atoms with Crippen LogP contribution in [-0.4, -0.2) is 24.7 Å². The molecular formula is C19H17NO2S. The molecule has 0 saturated carbocycles. The van der Waals surface area contributed by atoms with Crippen LogP contribution >= 0.6 is 11.8 Å². The number of rotatable bonds is 3. The van der Waals surface area contributed by atoms with Crippen molar-refractivity contribution in [1.82, 2.24) is 0 Å². The first-order valence-electron chi connectivity index (χ1n) is 7.34. The highest BCUT2D eigenvalue weighted by Gasteiger charge is 2.26. The van der Waals surface area contributed by atoms with Crippen molar-refractivity contribution in [3.8, 4) is 0 Å². The summed E-state index contributed by atoms with van der Waals surface area (Å²) in [6.07, 6.45) is 3.57. The van der Waals surface area contributed by atoms with Gasteiger partial charge in [0.05, 0.1) is 17.2 Å². The van der Waals surface area contributed by atoms with Crippen LogP contribution in [0.5, 0.6) is 0 Å². The molecule has 1 aliphatic rings. The quantitative estimate of drug-likeness (QED) is 0.875. The van der Waals surface area contributed by atoms with Crippen molar-refractivity contribution in [2.24, 2.45) is 0 Å². The zero-order chi connectivity index (χ0) is 16.2. The minimum atomic E-state index is -0.0701. The van der Waals surface area contributed by atoms with Crippen LogP contribution in [0.1, 0.15) is 5.56 Å². The Morgan fingerprint density at radius 2 is 1.83 bits per heavy atom. The van der Waals surface area contributed by atoms with Gasteiger partial charge < -0.3 is 10.0 Å². The van der Waals surface area contributed by atoms with Gasteiger partial charge in [-0.25, -0.2) is 0 Å². The number of fused-ring (bicyclic) bond motifs is 1. The fourth-order valence-corrected chi connectivity index (χ4v) is 3.58. The number of anilines is 1. The van der Waals surface area contributed by atoms with Gasteiger partial charge in [0.2, 0.25) is 0 Å². The summed E-state index contributed by atoms with van der Waals surface area (Å²) in [5, 5.41) is 9.30. The second-order valence-electron chi connectivity index (χ2n) is 5.15. The molecule has 0 atom stereocenters. The van der Waals surface area contributed by atoms with E-state index in [1.54, 1.807) is 18.0 Å². The van der Waals surface area contributed by atoms with Gasteiger partial charge in [0.15, 0.2) is 0 Å². The zero-order valence-electron chi connectivity index (χ0n) is 12.8. The highest BCUT2D eigenvalue weighted by molar-refractivity contribution is 8.04. The Balaban J connectivity index is 2.01. The maximum Gasteiger partial charge on any atom is 0.264 e. The number of likely N-dealkylation sites (N-methyl/N-ethyl adjacent to an activating group) is 1. The number of hydrogen-bond donors (Lipinski definition) is 1. The number of hydrogen-bond acceptors (Lipinski definition) is 3. The fraction of sp³-hybridized carbons (Fsp3) is 0.105. The van der Waals surface area contributed by atoms with Crippen molar-refractivity contribution in [2.45, 2.75) is 4.90 Å². The molecule has 4 heteroatoms. The molecule has 0 unspecified atom stereocenters. The van der Waals surface area contributed by atoms with Gasteiger partial charge in [-0.2, -0.15) is 0 Å². The van der Waals surface area contributed by atoms with Crippen LogP contribution in [0.25, 0.3) is 5.57 Å². The van der Waals surface area contributed by atoms with E-state index in [-0.39, 0.29) is 12.5 Å². The lowest BCUT2D eigenvalue weighted by molar-refractivity contribution is -0.114. The Kier molecular flexibility index (Phi) is 4.65. The molecule has 1 heterocycles. The Labute approximate surface area is 139 Å². The van der Waals surface area contributed by atoms with E-state index in [2.05, 4.69) is 0 Å². The van der Waals surface area contributed by atoms with Gasteiger partial charge in [0.25, 0.3) is 5.91 Å². The number of amides is 1. The largest absolute Gasteiger partial charge is 0.392 e. The summed E-state index contributed by atoms with van der Waals surface area (Å²) in [6.45, 7) is -0.0701. The number of carbonyl (C=O) groups excluding carboxylic acids is 1. The number of para-hydroxylation sites is 1. The van der Waals surface area contributed by atoms with Gasteiger partial charge in [0.1, 0.15) is 0 Å². The smallest absolute Gasteiger partial charge is 0.264 e. The van der Waals surface area contributed by atoms with Crippen molar-refractivity contribution in [3.05, 3.63) is 77.2 Å². The summed E-state index contributed by atoms with van der Waals surface area (Å²) in [6, 6.07) is 17.6. The summed E-state index contributed by atoms with van der Waals surface area (Å²) in [5.41, 5.74) is 2.74.